The molecule has 0 saturated carbocycles. The van der Waals surface area contributed by atoms with E-state index in [1.807, 2.05) is 30.1 Å². The second kappa shape index (κ2) is 7.65. The van der Waals surface area contributed by atoms with Crippen LogP contribution in [0.25, 0.3) is 0 Å². The summed E-state index contributed by atoms with van der Waals surface area (Å²) in [6, 6.07) is 10.8. The molecule has 1 unspecified atom stereocenters. The number of piperidine rings is 1. The van der Waals surface area contributed by atoms with Gasteiger partial charge in [0.05, 0.1) is 6.04 Å². The van der Waals surface area contributed by atoms with Gasteiger partial charge in [0, 0.05) is 19.0 Å². The minimum absolute atomic E-state index is 0. The molecule has 1 saturated heterocycles. The molecule has 0 radical (unpaired) electrons. The van der Waals surface area contributed by atoms with Crippen LogP contribution in [0.2, 0.25) is 0 Å². The average Bonchev–Trinajstić information content (AvgIpc) is 2.46. The fourth-order valence-electron chi connectivity index (χ4n) is 2.79. The molecule has 0 spiro atoms. The maximum atomic E-state index is 12.6. The van der Waals surface area contributed by atoms with Crippen molar-refractivity contribution in [3.05, 3.63) is 35.9 Å². The van der Waals surface area contributed by atoms with E-state index in [4.69, 9.17) is 0 Å². The van der Waals surface area contributed by atoms with E-state index < -0.39 is 0 Å². The summed E-state index contributed by atoms with van der Waals surface area (Å²) in [6.07, 6.45) is 1.90. The molecule has 1 aliphatic heterocycles. The molecule has 3 atom stereocenters. The summed E-state index contributed by atoms with van der Waals surface area (Å²) in [5, 5.41) is 3.40. The smallest absolute Gasteiger partial charge is 0.226 e. The van der Waals surface area contributed by atoms with Crippen molar-refractivity contribution in [1.29, 1.82) is 0 Å². The van der Waals surface area contributed by atoms with Crippen LogP contribution < -0.4 is 5.32 Å². The van der Waals surface area contributed by atoms with E-state index in [1.54, 1.807) is 0 Å². The third kappa shape index (κ3) is 3.97. The van der Waals surface area contributed by atoms with E-state index in [9.17, 15) is 4.79 Å². The molecule has 1 fully saturated rings. The topological polar surface area (TPSA) is 32.3 Å². The number of nitrogens with zero attached hydrogens (tertiary/aromatic N) is 1. The monoisotopic (exact) mass is 296 g/mol. The van der Waals surface area contributed by atoms with Gasteiger partial charge >= 0.3 is 0 Å². The molecule has 1 aromatic rings. The highest BCUT2D eigenvalue weighted by Crippen LogP contribution is 2.24. The Morgan fingerprint density at radius 1 is 1.35 bits per heavy atom. The fourth-order valence-corrected chi connectivity index (χ4v) is 2.79. The molecule has 1 N–H and O–H groups in total. The van der Waals surface area contributed by atoms with Gasteiger partial charge in [0.25, 0.3) is 0 Å². The summed E-state index contributed by atoms with van der Waals surface area (Å²) in [7, 11) is 1.92. The van der Waals surface area contributed by atoms with Gasteiger partial charge in [-0.25, -0.2) is 0 Å². The van der Waals surface area contributed by atoms with Gasteiger partial charge in [-0.15, -0.1) is 12.4 Å². The third-order valence-corrected chi connectivity index (χ3v) is 4.18. The van der Waals surface area contributed by atoms with Crippen LogP contribution >= 0.6 is 12.4 Å². The Labute approximate surface area is 128 Å². The van der Waals surface area contributed by atoms with Crippen molar-refractivity contribution in [2.75, 3.05) is 13.6 Å². The van der Waals surface area contributed by atoms with Crippen LogP contribution in [-0.4, -0.2) is 30.4 Å². The molecule has 1 aromatic carbocycles. The highest BCUT2D eigenvalue weighted by Gasteiger charge is 2.29. The molecular formula is C16H25ClN2O. The molecule has 2 rings (SSSR count). The van der Waals surface area contributed by atoms with E-state index in [2.05, 4.69) is 31.3 Å². The summed E-state index contributed by atoms with van der Waals surface area (Å²) in [5.74, 6) is 0.456. The van der Waals surface area contributed by atoms with Gasteiger partial charge in [-0.1, -0.05) is 30.3 Å². The van der Waals surface area contributed by atoms with Crippen molar-refractivity contribution in [3.8, 4) is 0 Å². The lowest BCUT2D eigenvalue weighted by atomic mass is 9.91. The molecule has 4 heteroatoms. The lowest BCUT2D eigenvalue weighted by Crippen LogP contribution is -2.43. The second-order valence-electron chi connectivity index (χ2n) is 5.61. The molecule has 1 heterocycles. The maximum absolute atomic E-state index is 12.6. The summed E-state index contributed by atoms with van der Waals surface area (Å²) in [6.45, 7) is 5.20. The Kier molecular flexibility index (Phi) is 6.50. The first-order chi connectivity index (χ1) is 9.09. The maximum Gasteiger partial charge on any atom is 0.226 e. The molecule has 3 nitrogen and oxygen atoms in total. The van der Waals surface area contributed by atoms with Gasteiger partial charge < -0.3 is 10.2 Å². The highest BCUT2D eigenvalue weighted by molar-refractivity contribution is 5.85. The molecule has 0 aromatic heterocycles. The van der Waals surface area contributed by atoms with E-state index >= 15 is 0 Å². The summed E-state index contributed by atoms with van der Waals surface area (Å²) in [4.78, 5) is 14.5. The largest absolute Gasteiger partial charge is 0.339 e. The Bertz CT molecular complexity index is 424. The summed E-state index contributed by atoms with van der Waals surface area (Å²) in [5.41, 5.74) is 1.19. The summed E-state index contributed by atoms with van der Waals surface area (Å²) < 4.78 is 0. The molecule has 0 aliphatic carbocycles. The van der Waals surface area contributed by atoms with Gasteiger partial charge in [-0.2, -0.15) is 0 Å². The van der Waals surface area contributed by atoms with Crippen molar-refractivity contribution in [3.63, 3.8) is 0 Å². The quantitative estimate of drug-likeness (QED) is 0.930. The van der Waals surface area contributed by atoms with E-state index in [0.29, 0.717) is 6.04 Å². The zero-order valence-electron chi connectivity index (χ0n) is 12.5. The first-order valence-electron chi connectivity index (χ1n) is 7.14. The van der Waals surface area contributed by atoms with Crippen LogP contribution in [0, 0.1) is 5.92 Å². The van der Waals surface area contributed by atoms with Gasteiger partial charge in [0.2, 0.25) is 5.91 Å². The predicted octanol–water partition coefficient (Wildman–Crippen LogP) is 3.02. The minimum Gasteiger partial charge on any atom is -0.339 e. The third-order valence-electron chi connectivity index (χ3n) is 4.18. The SMILES string of the molecule is CC(c1ccccc1)N(C)C(=O)[C@H]1CCN[C@@H](C)C1.Cl. The first kappa shape index (κ1) is 17.0. The number of hydrogen-bond donors (Lipinski definition) is 1. The highest BCUT2D eigenvalue weighted by atomic mass is 35.5. The van der Waals surface area contributed by atoms with Gasteiger partial charge in [0.1, 0.15) is 0 Å². The molecule has 1 amide bonds. The van der Waals surface area contributed by atoms with E-state index in [0.717, 1.165) is 19.4 Å². The first-order valence-corrected chi connectivity index (χ1v) is 7.14. The number of benzene rings is 1. The summed E-state index contributed by atoms with van der Waals surface area (Å²) >= 11 is 0. The van der Waals surface area contributed by atoms with Crippen molar-refractivity contribution in [2.24, 2.45) is 5.92 Å². The predicted molar refractivity (Wildman–Crippen MR) is 85.1 cm³/mol. The normalized spacial score (nSPS) is 23.6. The molecule has 112 valence electrons. The lowest BCUT2D eigenvalue weighted by Gasteiger charge is -2.33. The van der Waals surface area contributed by atoms with Crippen LogP contribution in [0.15, 0.2) is 30.3 Å². The Balaban J connectivity index is 0.00000200. The van der Waals surface area contributed by atoms with Crippen molar-refractivity contribution < 1.29 is 4.79 Å². The molecule has 20 heavy (non-hydrogen) atoms. The zero-order chi connectivity index (χ0) is 13.8. The Morgan fingerprint density at radius 2 is 2.00 bits per heavy atom. The van der Waals surface area contributed by atoms with Crippen LogP contribution in [0.5, 0.6) is 0 Å². The van der Waals surface area contributed by atoms with E-state index in [1.165, 1.54) is 5.56 Å². The van der Waals surface area contributed by atoms with Crippen LogP contribution in [0.3, 0.4) is 0 Å². The molecular weight excluding hydrogens is 272 g/mol. The van der Waals surface area contributed by atoms with Crippen LogP contribution in [-0.2, 0) is 4.79 Å². The fraction of sp³-hybridized carbons (Fsp3) is 0.562. The number of hydrogen-bond acceptors (Lipinski definition) is 2. The number of nitrogens with one attached hydrogen (secondary N) is 1. The van der Waals surface area contributed by atoms with Gasteiger partial charge in [-0.05, 0) is 38.8 Å². The number of rotatable bonds is 3. The van der Waals surface area contributed by atoms with Crippen LogP contribution in [0.1, 0.15) is 38.3 Å². The number of halogens is 1. The minimum atomic E-state index is 0. The van der Waals surface area contributed by atoms with Crippen molar-refractivity contribution >= 4 is 18.3 Å². The van der Waals surface area contributed by atoms with Crippen molar-refractivity contribution in [2.45, 2.75) is 38.8 Å². The Morgan fingerprint density at radius 3 is 2.60 bits per heavy atom. The Hall–Kier alpha value is -1.06. The second-order valence-corrected chi connectivity index (χ2v) is 5.61. The lowest BCUT2D eigenvalue weighted by molar-refractivity contribution is -0.137. The van der Waals surface area contributed by atoms with E-state index in [-0.39, 0.29) is 30.3 Å². The number of carbonyl (C=O) groups excluding carboxylic acids is 1. The zero-order valence-corrected chi connectivity index (χ0v) is 13.3. The number of amides is 1. The number of carbonyl (C=O) groups is 1. The molecule has 0 bridgehead atoms. The van der Waals surface area contributed by atoms with Crippen LogP contribution in [0.4, 0.5) is 0 Å². The average molecular weight is 297 g/mol. The van der Waals surface area contributed by atoms with Crippen molar-refractivity contribution in [1.82, 2.24) is 10.2 Å². The molecule has 1 aliphatic rings. The standard InChI is InChI=1S/C16H24N2O.ClH/c1-12-11-15(9-10-17-12)16(19)18(3)13(2)14-7-5-4-6-8-14;/h4-8,12-13,15,17H,9-11H2,1-3H3;1H/t12-,13?,15-;/m0./s1. The van der Waals surface area contributed by atoms with Gasteiger partial charge in [0.15, 0.2) is 0 Å². The van der Waals surface area contributed by atoms with Gasteiger partial charge in [-0.3, -0.25) is 4.79 Å².